The number of nitrogens with two attached hydrogens (primary N) is 1. The number of hydrogen-bond acceptors (Lipinski definition) is 2. The summed E-state index contributed by atoms with van der Waals surface area (Å²) in [5.41, 5.74) is 4.50. The molecule has 0 rings (SSSR count). The zero-order chi connectivity index (χ0) is 6.83. The molecule has 0 aromatic carbocycles. The summed E-state index contributed by atoms with van der Waals surface area (Å²) >= 11 is 0. The molecule has 0 aromatic rings. The van der Waals surface area contributed by atoms with Crippen LogP contribution in [0, 0.1) is 0 Å². The van der Waals surface area contributed by atoms with Crippen molar-refractivity contribution in [2.45, 2.75) is 19.8 Å². The average molecular weight is 135 g/mol. The molecule has 3 heteroatoms. The Kier molecular flexibility index (Phi) is 21.6. The van der Waals surface area contributed by atoms with Crippen molar-refractivity contribution in [1.82, 2.24) is 0 Å². The van der Waals surface area contributed by atoms with E-state index in [9.17, 15) is 0 Å². The van der Waals surface area contributed by atoms with Crippen LogP contribution in [0.4, 0.5) is 0 Å². The van der Waals surface area contributed by atoms with E-state index in [1.807, 2.05) is 0 Å². The average Bonchev–Trinajstić information content (AvgIpc) is 1.88. The third kappa shape index (κ3) is 16.5. The van der Waals surface area contributed by atoms with E-state index in [0.717, 1.165) is 17.1 Å². The van der Waals surface area contributed by atoms with Crippen LogP contribution in [-0.4, -0.2) is 24.1 Å². The van der Waals surface area contributed by atoms with Crippen LogP contribution in [0.3, 0.4) is 0 Å². The zero-order valence-corrected chi connectivity index (χ0v) is 8.11. The van der Waals surface area contributed by atoms with E-state index in [-0.39, 0.29) is 0 Å². The third-order valence-corrected chi connectivity index (χ3v) is 1.11. The van der Waals surface area contributed by atoms with Crippen LogP contribution in [0.15, 0.2) is 0 Å². The lowest BCUT2D eigenvalue weighted by Crippen LogP contribution is -1.85. The number of rotatable bonds is 3. The van der Waals surface area contributed by atoms with Crippen molar-refractivity contribution < 1.29 is 4.43 Å². The maximum absolute atomic E-state index is 4.92. The first-order valence-corrected chi connectivity index (χ1v) is 3.80. The second kappa shape index (κ2) is 15.7. The lowest BCUT2D eigenvalue weighted by Gasteiger charge is -1.90. The molecule has 8 heavy (non-hydrogen) atoms. The second-order valence-corrected chi connectivity index (χ2v) is 1.92. The second-order valence-electron chi connectivity index (χ2n) is 1.35. The highest BCUT2D eigenvalue weighted by atomic mass is 28.2. The number of unbranched alkanes of at least 4 members (excludes halogenated alkanes) is 1. The monoisotopic (exact) mass is 135 g/mol. The molecule has 2 nitrogen and oxygen atoms in total. The molecule has 0 aliphatic heterocycles. The molecule has 0 bridgehead atoms. The van der Waals surface area contributed by atoms with Crippen molar-refractivity contribution in [3.05, 3.63) is 0 Å². The molecule has 0 unspecified atom stereocenters. The molecule has 0 aromatic heterocycles. The fourth-order valence-corrected chi connectivity index (χ4v) is 0.577. The standard InChI is InChI=1S/C4H12OSi.CH5N/c1-2-3-4-5-6;1-2/h2-4H2,1,6H3;2H2,1H3. The first-order chi connectivity index (χ1) is 3.91. The Labute approximate surface area is 55.0 Å². The van der Waals surface area contributed by atoms with Gasteiger partial charge in [0.15, 0.2) is 0 Å². The molecule has 0 heterocycles. The van der Waals surface area contributed by atoms with E-state index < -0.39 is 0 Å². The highest BCUT2D eigenvalue weighted by molar-refractivity contribution is 5.97. The summed E-state index contributed by atoms with van der Waals surface area (Å²) in [5.74, 6) is 0. The topological polar surface area (TPSA) is 35.2 Å². The first kappa shape index (κ1) is 11.0. The largest absolute Gasteiger partial charge is 0.428 e. The van der Waals surface area contributed by atoms with Crippen molar-refractivity contribution >= 4 is 10.5 Å². The van der Waals surface area contributed by atoms with Crippen LogP contribution in [0.2, 0.25) is 0 Å². The maximum atomic E-state index is 4.92. The predicted octanol–water partition coefficient (Wildman–Crippen LogP) is -0.342. The Morgan fingerprint density at radius 1 is 1.50 bits per heavy atom. The van der Waals surface area contributed by atoms with Crippen molar-refractivity contribution in [2.75, 3.05) is 13.7 Å². The lowest BCUT2D eigenvalue weighted by molar-refractivity contribution is 0.339. The maximum Gasteiger partial charge on any atom is 0.145 e. The molecule has 0 saturated carbocycles. The van der Waals surface area contributed by atoms with Gasteiger partial charge in [-0.1, -0.05) is 13.3 Å². The van der Waals surface area contributed by atoms with Crippen LogP contribution in [0.1, 0.15) is 19.8 Å². The molecule has 0 aliphatic carbocycles. The van der Waals surface area contributed by atoms with Gasteiger partial charge in [-0.3, -0.25) is 0 Å². The van der Waals surface area contributed by atoms with Crippen LogP contribution < -0.4 is 5.73 Å². The molecular weight excluding hydrogens is 118 g/mol. The quantitative estimate of drug-likeness (QED) is 0.424. The summed E-state index contributed by atoms with van der Waals surface area (Å²) in [6.45, 7) is 3.14. The number of hydrogen-bond donors (Lipinski definition) is 1. The van der Waals surface area contributed by atoms with Gasteiger partial charge in [0.1, 0.15) is 10.5 Å². The minimum absolute atomic E-state index is 0.903. The molecule has 0 aliphatic rings. The van der Waals surface area contributed by atoms with Gasteiger partial charge in [0.25, 0.3) is 0 Å². The highest BCUT2D eigenvalue weighted by Gasteiger charge is 1.74. The van der Waals surface area contributed by atoms with Crippen LogP contribution in [-0.2, 0) is 4.43 Å². The lowest BCUT2D eigenvalue weighted by atomic mass is 10.4. The van der Waals surface area contributed by atoms with E-state index in [4.69, 9.17) is 4.43 Å². The smallest absolute Gasteiger partial charge is 0.145 e. The molecule has 52 valence electrons. The first-order valence-electron chi connectivity index (χ1n) is 2.98. The molecule has 0 saturated heterocycles. The van der Waals surface area contributed by atoms with Gasteiger partial charge in [-0.25, -0.2) is 0 Å². The van der Waals surface area contributed by atoms with E-state index in [0.29, 0.717) is 0 Å². The van der Waals surface area contributed by atoms with Crippen molar-refractivity contribution in [3.8, 4) is 0 Å². The molecular formula is C5H17NOSi. The molecule has 2 N–H and O–H groups in total. The van der Waals surface area contributed by atoms with Gasteiger partial charge in [-0.2, -0.15) is 0 Å². The Hall–Kier alpha value is 0.137. The Bertz CT molecular complexity index is 24.4. The van der Waals surface area contributed by atoms with Gasteiger partial charge in [-0.15, -0.1) is 0 Å². The van der Waals surface area contributed by atoms with Crippen LogP contribution in [0.25, 0.3) is 0 Å². The van der Waals surface area contributed by atoms with Gasteiger partial charge in [0.2, 0.25) is 0 Å². The minimum atomic E-state index is 0.903. The molecule has 0 fully saturated rings. The highest BCUT2D eigenvalue weighted by Crippen LogP contribution is 1.82. The summed E-state index contributed by atoms with van der Waals surface area (Å²) in [6.07, 6.45) is 2.48. The predicted molar refractivity (Wildman–Crippen MR) is 40.9 cm³/mol. The van der Waals surface area contributed by atoms with Crippen LogP contribution in [0.5, 0.6) is 0 Å². The summed E-state index contributed by atoms with van der Waals surface area (Å²) in [5, 5.41) is 0. The summed E-state index contributed by atoms with van der Waals surface area (Å²) in [6, 6.07) is 0. The fraction of sp³-hybridized carbons (Fsp3) is 1.00. The van der Waals surface area contributed by atoms with E-state index >= 15 is 0 Å². The molecule has 0 spiro atoms. The minimum Gasteiger partial charge on any atom is -0.428 e. The normalized spacial score (nSPS) is 7.88. The third-order valence-electron chi connectivity index (χ3n) is 0.702. The molecule has 0 radical (unpaired) electrons. The summed E-state index contributed by atoms with van der Waals surface area (Å²) < 4.78 is 4.92. The Morgan fingerprint density at radius 3 is 2.12 bits per heavy atom. The van der Waals surface area contributed by atoms with E-state index in [2.05, 4.69) is 12.7 Å². The Balaban J connectivity index is 0. The van der Waals surface area contributed by atoms with Crippen LogP contribution >= 0.6 is 0 Å². The molecule has 0 atom stereocenters. The SMILES string of the molecule is CCCCO[SiH3].CN. The van der Waals surface area contributed by atoms with Gasteiger partial charge >= 0.3 is 0 Å². The van der Waals surface area contributed by atoms with Crippen molar-refractivity contribution in [3.63, 3.8) is 0 Å². The van der Waals surface area contributed by atoms with Gasteiger partial charge in [0.05, 0.1) is 0 Å². The fourth-order valence-electron chi connectivity index (χ4n) is 0.289. The van der Waals surface area contributed by atoms with Crippen molar-refractivity contribution in [1.29, 1.82) is 0 Å². The van der Waals surface area contributed by atoms with Crippen molar-refractivity contribution in [2.24, 2.45) is 5.73 Å². The van der Waals surface area contributed by atoms with E-state index in [1.54, 1.807) is 0 Å². The van der Waals surface area contributed by atoms with E-state index in [1.165, 1.54) is 19.9 Å². The summed E-state index contributed by atoms with van der Waals surface area (Å²) in [4.78, 5) is 0. The summed E-state index contributed by atoms with van der Waals surface area (Å²) in [7, 11) is 2.40. The zero-order valence-electron chi connectivity index (χ0n) is 6.11. The van der Waals surface area contributed by atoms with Gasteiger partial charge < -0.3 is 10.2 Å². The molecule has 0 amide bonds. The Morgan fingerprint density at radius 2 is 2.00 bits per heavy atom. The van der Waals surface area contributed by atoms with Gasteiger partial charge in [0, 0.05) is 6.61 Å². The van der Waals surface area contributed by atoms with Gasteiger partial charge in [-0.05, 0) is 13.5 Å².